The van der Waals surface area contributed by atoms with Crippen LogP contribution in [0.1, 0.15) is 66.8 Å². The van der Waals surface area contributed by atoms with Crippen molar-refractivity contribution in [3.05, 3.63) is 547 Å². The maximum atomic E-state index is 5.12. The van der Waals surface area contributed by atoms with Crippen LogP contribution >= 0.6 is 70.6 Å². The lowest BCUT2D eigenvalue weighted by molar-refractivity contribution is 0.667. The standard InChI is InChI=1S/C42H27NS2.2C41H26N2S2/c1-2-10-28(11-3-1)31-19-21-36-40(25-31)44-38-17-6-4-15-34(38)42(36)35-16-5-7-18-39(35)45-41-26-32(20-22-37(41)42)29-12-8-13-30(24-29)33-14-9-23-43-27-33;1-3-15-37-32(12-1)41(33-13-2-4-16-38(33)45-40-25-30(18-20-35(40)41)36-14-5-6-22-43-36)34-19-17-29(24-39(34)44-37)27-9-7-10-28(23-27)31-11-8-21-42-26-31;1-2-11-27(12-3-1)35-16-10-17-36(43-35)29-21-23-33-40(26-29)45-39-25-28(34-15-8-9-24-42-34)20-22-32(39)41(33)30-13-4-6-18-37(30)44-38-19-7-5-14-31(38)41/h1-27H;2*1-26H. The monoisotopic (exact) mass is 1830 g/mol. The summed E-state index contributed by atoms with van der Waals surface area (Å²) in [6.45, 7) is 0. The molecule has 0 aliphatic carbocycles. The molecule has 0 fully saturated rings. The van der Waals surface area contributed by atoms with Gasteiger partial charge in [0, 0.05) is 129 Å². The molecule has 27 rings (SSSR count). The van der Waals surface area contributed by atoms with E-state index in [1.165, 1.54) is 170 Å². The molecular weight excluding hydrogens is 1750 g/mol. The minimum Gasteiger partial charge on any atom is -0.264 e. The molecule has 0 saturated carbocycles. The first-order valence-corrected chi connectivity index (χ1v) is 50.2. The predicted octanol–water partition coefficient (Wildman–Crippen LogP) is 33.0. The van der Waals surface area contributed by atoms with Gasteiger partial charge in [-0.05, 0) is 245 Å². The normalized spacial score (nSPS) is 15.2. The number of hydrogen-bond acceptors (Lipinski definition) is 11. The average Bonchev–Trinajstić information content (AvgIpc) is 0.695. The van der Waals surface area contributed by atoms with Gasteiger partial charge in [-0.3, -0.25) is 19.9 Å². The third kappa shape index (κ3) is 14.3. The van der Waals surface area contributed by atoms with Crippen LogP contribution in [0, 0.1) is 0 Å². The fraction of sp³-hybridized carbons (Fsp3) is 0.0242. The van der Waals surface area contributed by atoms with Crippen LogP contribution in [0.5, 0.6) is 0 Å². The third-order valence-electron chi connectivity index (χ3n) is 26.9. The van der Waals surface area contributed by atoms with Crippen molar-refractivity contribution in [1.29, 1.82) is 0 Å². The molecule has 0 amide bonds. The molecule has 5 aromatic heterocycles. The van der Waals surface area contributed by atoms with Crippen LogP contribution in [-0.4, -0.2) is 24.9 Å². The molecule has 2 atom stereocenters. The fourth-order valence-corrected chi connectivity index (χ4v) is 28.3. The molecule has 11 heterocycles. The van der Waals surface area contributed by atoms with E-state index < -0.39 is 16.2 Å². The Balaban J connectivity index is 0.000000108. The minimum atomic E-state index is -0.450. The van der Waals surface area contributed by atoms with Gasteiger partial charge in [-0.2, -0.15) is 0 Å². The van der Waals surface area contributed by atoms with E-state index in [-0.39, 0.29) is 0 Å². The average molecular weight is 1830 g/mol. The highest BCUT2D eigenvalue weighted by molar-refractivity contribution is 8.01. The summed E-state index contributed by atoms with van der Waals surface area (Å²) in [6.07, 6.45) is 11.2. The zero-order valence-corrected chi connectivity index (χ0v) is 77.7. The van der Waals surface area contributed by atoms with Crippen molar-refractivity contribution in [1.82, 2.24) is 24.9 Å². The van der Waals surface area contributed by atoms with Crippen LogP contribution in [0.2, 0.25) is 0 Å². The third-order valence-corrected chi connectivity index (χ3v) is 33.7. The number of benzene rings is 16. The summed E-state index contributed by atoms with van der Waals surface area (Å²) in [5.74, 6) is 0. The van der Waals surface area contributed by atoms with Gasteiger partial charge in [0.25, 0.3) is 0 Å². The molecule has 0 radical (unpaired) electrons. The first-order valence-electron chi connectivity index (χ1n) is 45.3. The van der Waals surface area contributed by atoms with Crippen molar-refractivity contribution >= 4 is 70.6 Å². The lowest BCUT2D eigenvalue weighted by Gasteiger charge is -2.45. The lowest BCUT2D eigenvalue weighted by atomic mass is 9.64. The van der Waals surface area contributed by atoms with Gasteiger partial charge in [-0.1, -0.05) is 380 Å². The fourth-order valence-electron chi connectivity index (χ4n) is 20.9. The van der Waals surface area contributed by atoms with Gasteiger partial charge >= 0.3 is 0 Å². The molecule has 0 saturated heterocycles. The van der Waals surface area contributed by atoms with Gasteiger partial charge in [0.2, 0.25) is 0 Å². The summed E-state index contributed by atoms with van der Waals surface area (Å²) in [7, 11) is 0. The van der Waals surface area contributed by atoms with Crippen molar-refractivity contribution in [2.24, 2.45) is 0 Å². The summed E-state index contributed by atoms with van der Waals surface area (Å²) in [5.41, 5.74) is 35.1. The number of pyridine rings is 5. The van der Waals surface area contributed by atoms with Gasteiger partial charge in [0.05, 0.1) is 39.0 Å². The topological polar surface area (TPSA) is 64.5 Å². The summed E-state index contributed by atoms with van der Waals surface area (Å²) >= 11 is 11.3. The van der Waals surface area contributed by atoms with Crippen molar-refractivity contribution < 1.29 is 0 Å². The Kier molecular flexibility index (Phi) is 21.2. The number of rotatable bonds is 9. The highest BCUT2D eigenvalue weighted by Crippen LogP contribution is 2.67. The van der Waals surface area contributed by atoms with Crippen molar-refractivity contribution in [3.63, 3.8) is 0 Å². The van der Waals surface area contributed by atoms with E-state index in [0.717, 1.165) is 56.2 Å². The molecule has 3 spiro atoms. The van der Waals surface area contributed by atoms with Crippen molar-refractivity contribution in [2.45, 2.75) is 75.0 Å². The molecule has 16 aromatic carbocycles. The Hall–Kier alpha value is -14.6. The second-order valence-electron chi connectivity index (χ2n) is 34.3. The van der Waals surface area contributed by atoms with Crippen molar-refractivity contribution in [3.8, 4) is 101 Å². The quantitative estimate of drug-likeness (QED) is 0.139. The first-order chi connectivity index (χ1) is 66.9. The van der Waals surface area contributed by atoms with E-state index >= 15 is 0 Å². The maximum Gasteiger partial charge on any atom is 0.0745 e. The van der Waals surface area contributed by atoms with E-state index in [1.807, 2.05) is 138 Å². The van der Waals surface area contributed by atoms with Gasteiger partial charge in [-0.15, -0.1) is 0 Å². The smallest absolute Gasteiger partial charge is 0.0745 e. The van der Waals surface area contributed by atoms with E-state index in [4.69, 9.17) is 4.98 Å². The second-order valence-corrected chi connectivity index (χ2v) is 40.8. The van der Waals surface area contributed by atoms with Gasteiger partial charge < -0.3 is 0 Å². The summed E-state index contributed by atoms with van der Waals surface area (Å²) in [5, 5.41) is 0. The molecule has 636 valence electrons. The van der Waals surface area contributed by atoms with Crippen LogP contribution in [0.25, 0.3) is 101 Å². The van der Waals surface area contributed by atoms with Gasteiger partial charge in [0.1, 0.15) is 0 Å². The molecule has 5 nitrogen and oxygen atoms in total. The largest absolute Gasteiger partial charge is 0.264 e. The highest BCUT2D eigenvalue weighted by Gasteiger charge is 2.53. The van der Waals surface area contributed by atoms with E-state index in [2.05, 4.69) is 432 Å². The Labute approximate surface area is 810 Å². The van der Waals surface area contributed by atoms with Crippen LogP contribution in [0.3, 0.4) is 0 Å². The molecule has 6 aliphatic heterocycles. The van der Waals surface area contributed by atoms with E-state index in [1.54, 1.807) is 0 Å². The Morgan fingerprint density at radius 1 is 0.141 bits per heavy atom. The van der Waals surface area contributed by atoms with Crippen LogP contribution in [-0.2, 0) is 16.2 Å². The van der Waals surface area contributed by atoms with Crippen LogP contribution in [0.4, 0.5) is 0 Å². The zero-order chi connectivity index (χ0) is 89.4. The first kappa shape index (κ1) is 82.3. The summed E-state index contributed by atoms with van der Waals surface area (Å²) < 4.78 is 0. The Morgan fingerprint density at radius 2 is 0.370 bits per heavy atom. The molecule has 11 heteroatoms. The Morgan fingerprint density at radius 3 is 0.704 bits per heavy atom. The van der Waals surface area contributed by atoms with Crippen LogP contribution < -0.4 is 0 Å². The second kappa shape index (κ2) is 34.8. The predicted molar refractivity (Wildman–Crippen MR) is 557 cm³/mol. The number of aromatic nitrogens is 5. The minimum absolute atomic E-state index is 0.417. The molecule has 6 aliphatic rings. The van der Waals surface area contributed by atoms with Crippen LogP contribution in [0.15, 0.2) is 539 Å². The number of hydrogen-bond donors (Lipinski definition) is 0. The molecule has 135 heavy (non-hydrogen) atoms. The van der Waals surface area contributed by atoms with Crippen molar-refractivity contribution in [2.75, 3.05) is 0 Å². The molecule has 0 bridgehead atoms. The van der Waals surface area contributed by atoms with Gasteiger partial charge in [-0.25, -0.2) is 4.98 Å². The van der Waals surface area contributed by atoms with E-state index in [0.29, 0.717) is 0 Å². The molecule has 2 unspecified atom stereocenters. The summed E-state index contributed by atoms with van der Waals surface area (Å²) in [4.78, 5) is 38.7. The molecule has 21 aromatic rings. The zero-order valence-electron chi connectivity index (χ0n) is 72.8. The lowest BCUT2D eigenvalue weighted by Crippen LogP contribution is -2.36. The van der Waals surface area contributed by atoms with Gasteiger partial charge in [0.15, 0.2) is 0 Å². The highest BCUT2D eigenvalue weighted by atomic mass is 32.2. The van der Waals surface area contributed by atoms with E-state index in [9.17, 15) is 0 Å². The Bertz CT molecular complexity index is 7750. The maximum absolute atomic E-state index is 5.12. The number of nitrogens with zero attached hydrogens (tertiary/aromatic N) is 5. The molecule has 0 N–H and O–H groups in total. The molecular formula is C124H79N5S6. The number of fused-ring (bicyclic) bond motifs is 24. The SMILES string of the molecule is c1ccc(-c2ccc3c(c2)Sc2ccccc2C32c3ccccc3Sc3cc(-c4cccc(-c5cccnc5)c4)ccc32)cc1.c1ccc(-c2ccc3c(c2)Sc2ccccc2C32c3ccccc3Sc3cc(-c4cccc(-c5cccnc5)c4)ccc32)nc1.c1ccc(-c2cccc(-c3ccc4c(c3)Sc3cc(-c5ccccn5)ccc3C43c4ccccc4Sc4ccccc43)n2)cc1. The summed E-state index contributed by atoms with van der Waals surface area (Å²) in [6, 6.07) is 161.